The fourth-order valence-electron chi connectivity index (χ4n) is 2.06. The predicted molar refractivity (Wildman–Crippen MR) is 75.0 cm³/mol. The molecule has 0 aliphatic carbocycles. The second kappa shape index (κ2) is 5.49. The highest BCUT2D eigenvalue weighted by Crippen LogP contribution is 2.27. The van der Waals surface area contributed by atoms with Gasteiger partial charge in [-0.1, -0.05) is 74.2 Å². The van der Waals surface area contributed by atoms with E-state index in [0.29, 0.717) is 5.92 Å². The van der Waals surface area contributed by atoms with Crippen molar-refractivity contribution >= 4 is 5.57 Å². The lowest BCUT2D eigenvalue weighted by Gasteiger charge is -2.13. The lowest BCUT2D eigenvalue weighted by Crippen LogP contribution is -1.94. The van der Waals surface area contributed by atoms with Crippen LogP contribution in [0, 0.1) is 0 Å². The summed E-state index contributed by atoms with van der Waals surface area (Å²) in [6.07, 6.45) is 1.01. The van der Waals surface area contributed by atoms with Crippen molar-refractivity contribution in [3.8, 4) is 0 Å². The first kappa shape index (κ1) is 11.7. The molecular formula is C17H18. The minimum absolute atomic E-state index is 0.518. The minimum atomic E-state index is 0.518. The van der Waals surface area contributed by atoms with Gasteiger partial charge in [-0.2, -0.15) is 0 Å². The highest BCUT2D eigenvalue weighted by atomic mass is 14.1. The van der Waals surface area contributed by atoms with Gasteiger partial charge in [-0.25, -0.2) is 0 Å². The summed E-state index contributed by atoms with van der Waals surface area (Å²) in [6.45, 7) is 6.44. The lowest BCUT2D eigenvalue weighted by molar-refractivity contribution is 0.793. The zero-order valence-corrected chi connectivity index (χ0v) is 10.3. The molecule has 0 radical (unpaired) electrons. The third kappa shape index (κ3) is 3.07. The number of allylic oxidation sites excluding steroid dienone is 1. The van der Waals surface area contributed by atoms with Crippen LogP contribution in [0.15, 0.2) is 67.2 Å². The highest BCUT2D eigenvalue weighted by molar-refractivity contribution is 5.63. The van der Waals surface area contributed by atoms with Gasteiger partial charge in [-0.15, -0.1) is 0 Å². The van der Waals surface area contributed by atoms with E-state index in [1.54, 1.807) is 0 Å². The third-order valence-electron chi connectivity index (χ3n) is 3.10. The number of hydrogen-bond donors (Lipinski definition) is 0. The Balaban J connectivity index is 2.05. The molecule has 0 saturated carbocycles. The van der Waals surface area contributed by atoms with Gasteiger partial charge >= 0.3 is 0 Å². The van der Waals surface area contributed by atoms with E-state index in [9.17, 15) is 0 Å². The summed E-state index contributed by atoms with van der Waals surface area (Å²) in [5.41, 5.74) is 3.84. The van der Waals surface area contributed by atoms with E-state index in [2.05, 4.69) is 68.1 Å². The molecule has 0 aliphatic heterocycles. The first-order valence-corrected chi connectivity index (χ1v) is 6.05. The van der Waals surface area contributed by atoms with E-state index in [1.807, 2.05) is 6.07 Å². The molecule has 2 aromatic carbocycles. The summed E-state index contributed by atoms with van der Waals surface area (Å²) in [4.78, 5) is 0. The second-order valence-corrected chi connectivity index (χ2v) is 4.49. The molecule has 0 aromatic heterocycles. The molecule has 0 bridgehead atoms. The molecule has 86 valence electrons. The summed E-state index contributed by atoms with van der Waals surface area (Å²) in [5, 5.41) is 0. The van der Waals surface area contributed by atoms with Gasteiger partial charge in [0.2, 0.25) is 0 Å². The SMILES string of the molecule is C=C(CC(C)c1ccccc1)c1ccccc1. The van der Waals surface area contributed by atoms with Crippen LogP contribution in [-0.4, -0.2) is 0 Å². The van der Waals surface area contributed by atoms with Gasteiger partial charge < -0.3 is 0 Å². The fourth-order valence-corrected chi connectivity index (χ4v) is 2.06. The van der Waals surface area contributed by atoms with Gasteiger partial charge in [-0.3, -0.25) is 0 Å². The summed E-state index contributed by atoms with van der Waals surface area (Å²) >= 11 is 0. The average molecular weight is 222 g/mol. The van der Waals surface area contributed by atoms with Crippen LogP contribution in [0.1, 0.15) is 30.4 Å². The molecule has 0 aliphatic rings. The minimum Gasteiger partial charge on any atom is -0.0952 e. The summed E-state index contributed by atoms with van der Waals surface area (Å²) in [5.74, 6) is 0.518. The predicted octanol–water partition coefficient (Wildman–Crippen LogP) is 4.89. The quantitative estimate of drug-likeness (QED) is 0.690. The Labute approximate surface area is 104 Å². The average Bonchev–Trinajstić information content (AvgIpc) is 2.40. The van der Waals surface area contributed by atoms with Crippen molar-refractivity contribution in [2.45, 2.75) is 19.3 Å². The Kier molecular flexibility index (Phi) is 3.77. The first-order valence-electron chi connectivity index (χ1n) is 6.05. The molecule has 17 heavy (non-hydrogen) atoms. The second-order valence-electron chi connectivity index (χ2n) is 4.49. The van der Waals surface area contributed by atoms with E-state index in [4.69, 9.17) is 0 Å². The van der Waals surface area contributed by atoms with Gasteiger partial charge in [0.05, 0.1) is 0 Å². The van der Waals surface area contributed by atoms with Crippen molar-refractivity contribution in [1.82, 2.24) is 0 Å². The Bertz CT molecular complexity index is 468. The van der Waals surface area contributed by atoms with Crippen molar-refractivity contribution in [2.75, 3.05) is 0 Å². The zero-order chi connectivity index (χ0) is 12.1. The van der Waals surface area contributed by atoms with Crippen LogP contribution in [0.5, 0.6) is 0 Å². The molecule has 0 nitrogen and oxygen atoms in total. The van der Waals surface area contributed by atoms with E-state index < -0.39 is 0 Å². The monoisotopic (exact) mass is 222 g/mol. The van der Waals surface area contributed by atoms with Crippen molar-refractivity contribution in [3.63, 3.8) is 0 Å². The topological polar surface area (TPSA) is 0 Å². The van der Waals surface area contributed by atoms with Gasteiger partial charge in [0.15, 0.2) is 0 Å². The van der Waals surface area contributed by atoms with Crippen LogP contribution in [0.3, 0.4) is 0 Å². The molecule has 0 fully saturated rings. The van der Waals surface area contributed by atoms with Crippen molar-refractivity contribution in [1.29, 1.82) is 0 Å². The summed E-state index contributed by atoms with van der Waals surface area (Å²) in [6, 6.07) is 21.0. The van der Waals surface area contributed by atoms with Crippen molar-refractivity contribution in [3.05, 3.63) is 78.4 Å². The van der Waals surface area contributed by atoms with Crippen LogP contribution >= 0.6 is 0 Å². The normalized spacial score (nSPS) is 12.1. The Morgan fingerprint density at radius 2 is 1.47 bits per heavy atom. The van der Waals surface area contributed by atoms with Crippen LogP contribution < -0.4 is 0 Å². The van der Waals surface area contributed by atoms with Crippen molar-refractivity contribution in [2.24, 2.45) is 0 Å². The van der Waals surface area contributed by atoms with Gasteiger partial charge in [0.25, 0.3) is 0 Å². The van der Waals surface area contributed by atoms with E-state index in [0.717, 1.165) is 6.42 Å². The van der Waals surface area contributed by atoms with E-state index in [-0.39, 0.29) is 0 Å². The Morgan fingerprint density at radius 3 is 2.06 bits per heavy atom. The standard InChI is InChI=1S/C17H18/c1-14(16-9-5-3-6-10-16)13-15(2)17-11-7-4-8-12-17/h3-12,15H,1,13H2,2H3. The smallest absolute Gasteiger partial charge is 0.0150 e. The van der Waals surface area contributed by atoms with Gasteiger partial charge in [-0.05, 0) is 29.0 Å². The number of hydrogen-bond acceptors (Lipinski definition) is 0. The van der Waals surface area contributed by atoms with E-state index >= 15 is 0 Å². The summed E-state index contributed by atoms with van der Waals surface area (Å²) < 4.78 is 0. The molecule has 0 N–H and O–H groups in total. The van der Waals surface area contributed by atoms with Crippen LogP contribution in [0.25, 0.3) is 5.57 Å². The van der Waals surface area contributed by atoms with Crippen LogP contribution in [0.4, 0.5) is 0 Å². The van der Waals surface area contributed by atoms with Crippen LogP contribution in [-0.2, 0) is 0 Å². The molecule has 1 unspecified atom stereocenters. The first-order chi connectivity index (χ1) is 8.27. The van der Waals surface area contributed by atoms with Gasteiger partial charge in [0.1, 0.15) is 0 Å². The number of rotatable bonds is 4. The largest absolute Gasteiger partial charge is 0.0952 e. The van der Waals surface area contributed by atoms with Crippen LogP contribution in [0.2, 0.25) is 0 Å². The third-order valence-corrected chi connectivity index (χ3v) is 3.10. The summed E-state index contributed by atoms with van der Waals surface area (Å²) in [7, 11) is 0. The Hall–Kier alpha value is -1.82. The molecule has 0 heteroatoms. The maximum Gasteiger partial charge on any atom is -0.0150 e. The molecule has 0 heterocycles. The molecule has 2 rings (SSSR count). The number of benzene rings is 2. The van der Waals surface area contributed by atoms with E-state index in [1.165, 1.54) is 16.7 Å². The van der Waals surface area contributed by atoms with Gasteiger partial charge in [0, 0.05) is 0 Å². The molecule has 1 atom stereocenters. The zero-order valence-electron chi connectivity index (χ0n) is 10.3. The molecule has 2 aromatic rings. The van der Waals surface area contributed by atoms with Crippen molar-refractivity contribution < 1.29 is 0 Å². The molecule has 0 amide bonds. The molecule has 0 spiro atoms. The molecule has 0 saturated heterocycles. The molecular weight excluding hydrogens is 204 g/mol. The fraction of sp³-hybridized carbons (Fsp3) is 0.176. The Morgan fingerprint density at radius 1 is 0.941 bits per heavy atom. The highest BCUT2D eigenvalue weighted by Gasteiger charge is 2.07. The maximum absolute atomic E-state index is 4.19. The maximum atomic E-state index is 4.19. The lowest BCUT2D eigenvalue weighted by atomic mass is 9.91.